The van der Waals surface area contributed by atoms with Crippen molar-refractivity contribution in [3.05, 3.63) is 20.4 Å². The van der Waals surface area contributed by atoms with Crippen molar-refractivity contribution >= 4 is 18.3 Å². The van der Waals surface area contributed by atoms with Gasteiger partial charge >= 0.3 is 0 Å². The summed E-state index contributed by atoms with van der Waals surface area (Å²) in [5, 5.41) is 0. The molecule has 0 aromatic heterocycles. The van der Waals surface area contributed by atoms with Gasteiger partial charge in [0.15, 0.2) is 0 Å². The van der Waals surface area contributed by atoms with E-state index in [-0.39, 0.29) is 0 Å². The molecular formula is C8H11NO2S. The van der Waals surface area contributed by atoms with E-state index in [1.54, 1.807) is 0 Å². The predicted molar refractivity (Wildman–Crippen MR) is 52.2 cm³/mol. The van der Waals surface area contributed by atoms with E-state index in [9.17, 15) is 9.59 Å². The Hall–Kier alpha value is -0.770. The maximum Gasteiger partial charge on any atom is 0.251 e. The van der Waals surface area contributed by atoms with Gasteiger partial charge in [0, 0.05) is 13.1 Å². The second-order valence-corrected chi connectivity index (χ2v) is 2.97. The first-order chi connectivity index (χ1) is 5.63. The molecule has 66 valence electrons. The van der Waals surface area contributed by atoms with Crippen LogP contribution in [0.5, 0.6) is 0 Å². The maximum absolute atomic E-state index is 11.0. The Bertz CT molecular complexity index is 348. The van der Waals surface area contributed by atoms with Crippen LogP contribution < -0.4 is 15.8 Å². The second-order valence-electron chi connectivity index (χ2n) is 2.53. The predicted octanol–water partition coefficient (Wildman–Crippen LogP) is 0.417. The molecule has 12 heavy (non-hydrogen) atoms. The molecule has 0 fully saturated rings. The van der Waals surface area contributed by atoms with E-state index in [4.69, 9.17) is 0 Å². The summed E-state index contributed by atoms with van der Waals surface area (Å²) in [6, 6.07) is 0. The van der Waals surface area contributed by atoms with Gasteiger partial charge in [0.05, 0.1) is 4.90 Å². The van der Waals surface area contributed by atoms with Gasteiger partial charge in [-0.05, 0) is 13.8 Å². The van der Waals surface area contributed by atoms with Crippen molar-refractivity contribution in [2.75, 3.05) is 18.0 Å². The van der Waals surface area contributed by atoms with Gasteiger partial charge in [-0.1, -0.05) is 0 Å². The molecular weight excluding hydrogens is 174 g/mol. The third kappa shape index (κ3) is 1.16. The van der Waals surface area contributed by atoms with Gasteiger partial charge in [-0.2, -0.15) is 0 Å². The molecule has 0 amide bonds. The van der Waals surface area contributed by atoms with Crippen LogP contribution in [-0.4, -0.2) is 13.1 Å². The molecule has 1 rings (SSSR count). The Morgan fingerprint density at radius 2 is 1.67 bits per heavy atom. The first kappa shape index (κ1) is 9.32. The lowest BCUT2D eigenvalue weighted by Crippen LogP contribution is -2.41. The van der Waals surface area contributed by atoms with E-state index in [1.165, 1.54) is 0 Å². The van der Waals surface area contributed by atoms with E-state index in [0.717, 1.165) is 13.1 Å². The van der Waals surface area contributed by atoms with E-state index < -0.39 is 10.9 Å². The third-order valence-corrected chi connectivity index (χ3v) is 2.36. The molecule has 0 aliphatic heterocycles. The third-order valence-electron chi connectivity index (χ3n) is 1.94. The minimum Gasteiger partial charge on any atom is -0.368 e. The van der Waals surface area contributed by atoms with Crippen molar-refractivity contribution < 1.29 is 0 Å². The molecule has 0 spiro atoms. The van der Waals surface area contributed by atoms with Crippen LogP contribution >= 0.6 is 12.6 Å². The van der Waals surface area contributed by atoms with Crippen molar-refractivity contribution in [2.24, 2.45) is 0 Å². The van der Waals surface area contributed by atoms with Crippen LogP contribution in [0.15, 0.2) is 14.5 Å². The zero-order chi connectivity index (χ0) is 9.30. The highest BCUT2D eigenvalue weighted by atomic mass is 32.1. The summed E-state index contributed by atoms with van der Waals surface area (Å²) in [6.07, 6.45) is 0. The van der Waals surface area contributed by atoms with Gasteiger partial charge in [-0.3, -0.25) is 9.59 Å². The van der Waals surface area contributed by atoms with Crippen molar-refractivity contribution in [2.45, 2.75) is 18.7 Å². The highest BCUT2D eigenvalue weighted by Crippen LogP contribution is 2.16. The first-order valence-corrected chi connectivity index (χ1v) is 4.35. The van der Waals surface area contributed by atoms with Crippen LogP contribution in [0.3, 0.4) is 0 Å². The van der Waals surface area contributed by atoms with Gasteiger partial charge in [-0.15, -0.1) is 12.6 Å². The molecule has 0 saturated carbocycles. The van der Waals surface area contributed by atoms with E-state index in [2.05, 4.69) is 12.6 Å². The molecule has 3 nitrogen and oxygen atoms in total. The van der Waals surface area contributed by atoms with Gasteiger partial charge in [0.2, 0.25) is 5.43 Å². The number of thiol groups is 1. The van der Waals surface area contributed by atoms with Gasteiger partial charge in [-0.25, -0.2) is 0 Å². The average molecular weight is 185 g/mol. The van der Waals surface area contributed by atoms with Crippen LogP contribution in [-0.2, 0) is 0 Å². The first-order valence-electron chi connectivity index (χ1n) is 3.90. The standard InChI is InChI=1S/C8H11NO2S/c1-3-9(4-2)5-6(10)7(11)8(5)12/h12H,3-4H2,1-2H3. The topological polar surface area (TPSA) is 37.4 Å². The monoisotopic (exact) mass is 185 g/mol. The number of hydrogen-bond acceptors (Lipinski definition) is 4. The van der Waals surface area contributed by atoms with E-state index >= 15 is 0 Å². The lowest BCUT2D eigenvalue weighted by atomic mass is 10.2. The Balaban J connectivity index is 3.05. The van der Waals surface area contributed by atoms with Gasteiger partial charge in [0.25, 0.3) is 5.43 Å². The van der Waals surface area contributed by atoms with Crippen molar-refractivity contribution in [1.29, 1.82) is 0 Å². The van der Waals surface area contributed by atoms with Crippen molar-refractivity contribution in [1.82, 2.24) is 0 Å². The van der Waals surface area contributed by atoms with Gasteiger partial charge in [0.1, 0.15) is 5.69 Å². The van der Waals surface area contributed by atoms with E-state index in [1.807, 2.05) is 18.7 Å². The lowest BCUT2D eigenvalue weighted by molar-refractivity contribution is 0.836. The van der Waals surface area contributed by atoms with Crippen molar-refractivity contribution in [3.8, 4) is 0 Å². The fourth-order valence-electron chi connectivity index (χ4n) is 1.20. The molecule has 0 saturated heterocycles. The Labute approximate surface area is 76.1 Å². The fraction of sp³-hybridized carbons (Fsp3) is 0.500. The fourth-order valence-corrected chi connectivity index (χ4v) is 1.55. The highest BCUT2D eigenvalue weighted by molar-refractivity contribution is 7.80. The normalized spacial score (nSPS) is 10.6. The van der Waals surface area contributed by atoms with Gasteiger partial charge < -0.3 is 4.90 Å². The van der Waals surface area contributed by atoms with Crippen LogP contribution in [0.4, 0.5) is 5.69 Å². The Morgan fingerprint density at radius 1 is 1.17 bits per heavy atom. The number of rotatable bonds is 3. The summed E-state index contributed by atoms with van der Waals surface area (Å²) < 4.78 is 0. The molecule has 0 N–H and O–H groups in total. The molecule has 0 radical (unpaired) electrons. The molecule has 0 aliphatic rings. The Kier molecular flexibility index (Phi) is 2.57. The zero-order valence-corrected chi connectivity index (χ0v) is 8.02. The van der Waals surface area contributed by atoms with Crippen LogP contribution in [0.25, 0.3) is 0 Å². The molecule has 4 heteroatoms. The van der Waals surface area contributed by atoms with Crippen molar-refractivity contribution in [3.63, 3.8) is 0 Å². The zero-order valence-electron chi connectivity index (χ0n) is 7.13. The van der Waals surface area contributed by atoms with Crippen LogP contribution in [0, 0.1) is 0 Å². The number of anilines is 1. The molecule has 0 atom stereocenters. The molecule has 1 aromatic rings. The smallest absolute Gasteiger partial charge is 0.251 e. The Morgan fingerprint density at radius 3 is 2.00 bits per heavy atom. The molecule has 1 aromatic carbocycles. The molecule has 0 unspecified atom stereocenters. The van der Waals surface area contributed by atoms with Crippen LogP contribution in [0.2, 0.25) is 0 Å². The minimum atomic E-state index is -0.458. The van der Waals surface area contributed by atoms with E-state index in [0.29, 0.717) is 10.6 Å². The SMILES string of the molecule is CCN(CC)c1c(S)c(=O)c1=O. The molecule has 0 bridgehead atoms. The maximum atomic E-state index is 11.0. The summed E-state index contributed by atoms with van der Waals surface area (Å²) in [4.78, 5) is 24.0. The average Bonchev–Trinajstić information content (AvgIpc) is 2.12. The largest absolute Gasteiger partial charge is 0.368 e. The second kappa shape index (κ2) is 3.31. The summed E-state index contributed by atoms with van der Waals surface area (Å²) >= 11 is 3.95. The molecule has 0 heterocycles. The van der Waals surface area contributed by atoms with Crippen LogP contribution in [0.1, 0.15) is 13.8 Å². The number of hydrogen-bond donors (Lipinski definition) is 1. The minimum absolute atomic E-state index is 0.309. The quantitative estimate of drug-likeness (QED) is 0.547. The summed E-state index contributed by atoms with van der Waals surface area (Å²) in [6.45, 7) is 5.34. The number of nitrogens with zero attached hydrogens (tertiary/aromatic N) is 1. The summed E-state index contributed by atoms with van der Waals surface area (Å²) in [5.74, 6) is 0. The molecule has 0 aliphatic carbocycles. The highest BCUT2D eigenvalue weighted by Gasteiger charge is 2.21. The lowest BCUT2D eigenvalue weighted by Gasteiger charge is -2.22. The summed E-state index contributed by atoms with van der Waals surface area (Å²) in [7, 11) is 0. The summed E-state index contributed by atoms with van der Waals surface area (Å²) in [5.41, 5.74) is -0.378.